The largest absolute Gasteiger partial charge is 0.409 e. The Hall–Kier alpha value is -1.62. The number of nitrogens with one attached hydrogen (secondary N) is 1. The fourth-order valence-corrected chi connectivity index (χ4v) is 3.00. The molecule has 0 spiro atoms. The Morgan fingerprint density at radius 1 is 1.33 bits per heavy atom. The van der Waals surface area contributed by atoms with Gasteiger partial charge in [0.15, 0.2) is 5.84 Å². The van der Waals surface area contributed by atoms with Crippen molar-refractivity contribution in [2.24, 2.45) is 16.8 Å². The van der Waals surface area contributed by atoms with Crippen LogP contribution in [0.2, 0.25) is 0 Å². The van der Waals surface area contributed by atoms with Gasteiger partial charge in [0.05, 0.1) is 0 Å². The van der Waals surface area contributed by atoms with E-state index in [9.17, 15) is 4.39 Å². The van der Waals surface area contributed by atoms with Gasteiger partial charge in [-0.2, -0.15) is 0 Å². The molecule has 0 bridgehead atoms. The molecule has 1 aromatic carbocycles. The second-order valence-electron chi connectivity index (χ2n) is 5.94. The minimum Gasteiger partial charge on any atom is -0.409 e. The normalized spacial score (nSPS) is 23.8. The molecule has 2 unspecified atom stereocenters. The van der Waals surface area contributed by atoms with Gasteiger partial charge in [-0.15, -0.1) is 0 Å². The summed E-state index contributed by atoms with van der Waals surface area (Å²) >= 11 is 0. The molecule has 0 aromatic heterocycles. The first-order valence-electron chi connectivity index (χ1n) is 7.61. The first-order valence-corrected chi connectivity index (χ1v) is 7.61. The van der Waals surface area contributed by atoms with Gasteiger partial charge in [-0.3, -0.25) is 0 Å². The molecule has 0 saturated heterocycles. The maximum absolute atomic E-state index is 13.6. The molecule has 5 heteroatoms. The zero-order valence-corrected chi connectivity index (χ0v) is 12.5. The SMILES string of the molecule is CC1CCCCCC1NCc1cc(F)cc(/C(N)=N/O)c1. The number of halogens is 1. The van der Waals surface area contributed by atoms with Crippen molar-refractivity contribution >= 4 is 5.84 Å². The van der Waals surface area contributed by atoms with E-state index in [-0.39, 0.29) is 11.7 Å². The molecular formula is C16H24FN3O. The molecule has 0 aliphatic heterocycles. The summed E-state index contributed by atoms with van der Waals surface area (Å²) in [5.74, 6) is 0.202. The van der Waals surface area contributed by atoms with Crippen molar-refractivity contribution in [1.29, 1.82) is 0 Å². The van der Waals surface area contributed by atoms with E-state index < -0.39 is 0 Å². The molecule has 1 aliphatic carbocycles. The first kappa shape index (κ1) is 15.8. The third kappa shape index (κ3) is 4.43. The molecule has 0 radical (unpaired) electrons. The van der Waals surface area contributed by atoms with Gasteiger partial charge in [-0.1, -0.05) is 31.3 Å². The van der Waals surface area contributed by atoms with E-state index in [4.69, 9.17) is 10.9 Å². The highest BCUT2D eigenvalue weighted by molar-refractivity contribution is 5.97. The number of rotatable bonds is 4. The smallest absolute Gasteiger partial charge is 0.170 e. The Labute approximate surface area is 125 Å². The van der Waals surface area contributed by atoms with Crippen LogP contribution >= 0.6 is 0 Å². The van der Waals surface area contributed by atoms with Crippen LogP contribution in [-0.2, 0) is 6.54 Å². The Morgan fingerprint density at radius 3 is 2.86 bits per heavy atom. The van der Waals surface area contributed by atoms with Crippen LogP contribution in [-0.4, -0.2) is 17.1 Å². The van der Waals surface area contributed by atoms with Crippen molar-refractivity contribution in [3.05, 3.63) is 35.1 Å². The van der Waals surface area contributed by atoms with Gasteiger partial charge < -0.3 is 16.3 Å². The number of amidine groups is 1. The molecule has 1 fully saturated rings. The number of benzene rings is 1. The predicted molar refractivity (Wildman–Crippen MR) is 81.8 cm³/mol. The molecule has 1 aromatic rings. The molecule has 21 heavy (non-hydrogen) atoms. The van der Waals surface area contributed by atoms with E-state index >= 15 is 0 Å². The highest BCUT2D eigenvalue weighted by Crippen LogP contribution is 2.23. The van der Waals surface area contributed by atoms with Crippen LogP contribution in [0.15, 0.2) is 23.4 Å². The summed E-state index contributed by atoms with van der Waals surface area (Å²) in [5.41, 5.74) is 6.75. The molecule has 0 amide bonds. The third-order valence-electron chi connectivity index (χ3n) is 4.29. The molecule has 1 saturated carbocycles. The van der Waals surface area contributed by atoms with Gasteiger partial charge in [0.2, 0.25) is 0 Å². The zero-order valence-electron chi connectivity index (χ0n) is 12.5. The highest BCUT2D eigenvalue weighted by Gasteiger charge is 2.19. The van der Waals surface area contributed by atoms with Gasteiger partial charge in [0, 0.05) is 18.2 Å². The fourth-order valence-electron chi connectivity index (χ4n) is 3.00. The second-order valence-corrected chi connectivity index (χ2v) is 5.94. The van der Waals surface area contributed by atoms with Gasteiger partial charge in [-0.05, 0) is 42.5 Å². The van der Waals surface area contributed by atoms with Crippen LogP contribution in [0.1, 0.15) is 50.2 Å². The fraction of sp³-hybridized carbons (Fsp3) is 0.562. The lowest BCUT2D eigenvalue weighted by atomic mass is 9.96. The summed E-state index contributed by atoms with van der Waals surface area (Å²) < 4.78 is 13.6. The minimum atomic E-state index is -0.371. The van der Waals surface area contributed by atoms with Gasteiger partial charge in [-0.25, -0.2) is 4.39 Å². The summed E-state index contributed by atoms with van der Waals surface area (Å²) in [7, 11) is 0. The molecular weight excluding hydrogens is 269 g/mol. The van der Waals surface area contributed by atoms with E-state index in [2.05, 4.69) is 17.4 Å². The summed E-state index contributed by atoms with van der Waals surface area (Å²) in [6.07, 6.45) is 6.27. The van der Waals surface area contributed by atoms with Crippen LogP contribution in [0.5, 0.6) is 0 Å². The molecule has 2 rings (SSSR count). The minimum absolute atomic E-state index is 0.0708. The third-order valence-corrected chi connectivity index (χ3v) is 4.29. The van der Waals surface area contributed by atoms with Crippen molar-refractivity contribution in [2.45, 2.75) is 51.6 Å². The number of nitrogens with zero attached hydrogens (tertiary/aromatic N) is 1. The van der Waals surface area contributed by atoms with Gasteiger partial charge >= 0.3 is 0 Å². The average Bonchev–Trinajstić information content (AvgIpc) is 2.68. The van der Waals surface area contributed by atoms with E-state index in [0.717, 1.165) is 5.56 Å². The monoisotopic (exact) mass is 293 g/mol. The van der Waals surface area contributed by atoms with Crippen LogP contribution < -0.4 is 11.1 Å². The summed E-state index contributed by atoms with van der Waals surface area (Å²) in [5, 5.41) is 15.1. The quantitative estimate of drug-likeness (QED) is 0.263. The van der Waals surface area contributed by atoms with E-state index in [0.29, 0.717) is 24.1 Å². The molecule has 1 aliphatic rings. The summed E-state index contributed by atoms with van der Waals surface area (Å²) in [4.78, 5) is 0. The first-order chi connectivity index (χ1) is 10.1. The Morgan fingerprint density at radius 2 is 2.10 bits per heavy atom. The molecule has 116 valence electrons. The number of hydrogen-bond donors (Lipinski definition) is 3. The average molecular weight is 293 g/mol. The van der Waals surface area contributed by atoms with Crippen molar-refractivity contribution < 1.29 is 9.60 Å². The predicted octanol–water partition coefficient (Wildman–Crippen LogP) is 2.98. The second kappa shape index (κ2) is 7.41. The molecule has 2 atom stereocenters. The Balaban J connectivity index is 2.03. The lowest BCUT2D eigenvalue weighted by Crippen LogP contribution is -2.33. The van der Waals surface area contributed by atoms with Gasteiger partial charge in [0.1, 0.15) is 5.82 Å². The zero-order chi connectivity index (χ0) is 15.2. The maximum Gasteiger partial charge on any atom is 0.170 e. The maximum atomic E-state index is 13.6. The van der Waals surface area contributed by atoms with E-state index in [1.165, 1.54) is 44.2 Å². The number of hydrogen-bond acceptors (Lipinski definition) is 3. The van der Waals surface area contributed by atoms with Crippen LogP contribution in [0, 0.1) is 11.7 Å². The van der Waals surface area contributed by atoms with Crippen molar-refractivity contribution in [3.63, 3.8) is 0 Å². The van der Waals surface area contributed by atoms with Crippen molar-refractivity contribution in [3.8, 4) is 0 Å². The lowest BCUT2D eigenvalue weighted by molar-refractivity contribution is 0.318. The number of oxime groups is 1. The summed E-state index contributed by atoms with van der Waals surface area (Å²) in [6, 6.07) is 4.99. The van der Waals surface area contributed by atoms with Crippen molar-refractivity contribution in [2.75, 3.05) is 0 Å². The van der Waals surface area contributed by atoms with E-state index in [1.54, 1.807) is 6.07 Å². The molecule has 0 heterocycles. The molecule has 4 nitrogen and oxygen atoms in total. The molecule has 4 N–H and O–H groups in total. The standard InChI is InChI=1S/C16H24FN3O/c1-11-5-3-2-4-6-15(11)19-10-12-7-13(16(18)20-21)9-14(17)8-12/h7-9,11,15,19,21H,2-6,10H2,1H3,(H2,18,20). The van der Waals surface area contributed by atoms with Gasteiger partial charge in [0.25, 0.3) is 0 Å². The van der Waals surface area contributed by atoms with Crippen LogP contribution in [0.25, 0.3) is 0 Å². The topological polar surface area (TPSA) is 70.6 Å². The summed E-state index contributed by atoms with van der Waals surface area (Å²) in [6.45, 7) is 2.87. The lowest BCUT2D eigenvalue weighted by Gasteiger charge is -2.23. The van der Waals surface area contributed by atoms with Crippen molar-refractivity contribution in [1.82, 2.24) is 5.32 Å². The van der Waals surface area contributed by atoms with E-state index in [1.807, 2.05) is 0 Å². The Bertz CT molecular complexity index is 504. The Kier molecular flexibility index (Phi) is 5.56. The van der Waals surface area contributed by atoms with Crippen LogP contribution in [0.4, 0.5) is 4.39 Å². The van der Waals surface area contributed by atoms with Crippen LogP contribution in [0.3, 0.4) is 0 Å². The number of nitrogens with two attached hydrogens (primary N) is 1. The highest BCUT2D eigenvalue weighted by atomic mass is 19.1.